The predicted molar refractivity (Wildman–Crippen MR) is 96.6 cm³/mol. The number of hydrogen-bond donors (Lipinski definition) is 0. The lowest BCUT2D eigenvalue weighted by Crippen LogP contribution is -2.49. The zero-order valence-electron chi connectivity index (χ0n) is 15.6. The molecule has 142 valence electrons. The van der Waals surface area contributed by atoms with E-state index in [9.17, 15) is 14.9 Å². The molecular formula is C20H27NO5. The van der Waals surface area contributed by atoms with Crippen molar-refractivity contribution < 1.29 is 19.2 Å². The van der Waals surface area contributed by atoms with Gasteiger partial charge in [0.05, 0.1) is 17.1 Å². The largest absolute Gasteiger partial charge is 0.347 e. The molecular weight excluding hydrogens is 334 g/mol. The molecule has 0 aromatic heterocycles. The summed E-state index contributed by atoms with van der Waals surface area (Å²) >= 11 is 0. The van der Waals surface area contributed by atoms with Crippen LogP contribution >= 0.6 is 0 Å². The number of nitro groups is 1. The monoisotopic (exact) mass is 361 g/mol. The summed E-state index contributed by atoms with van der Waals surface area (Å²) in [4.78, 5) is 22.1. The molecule has 3 rings (SSSR count). The summed E-state index contributed by atoms with van der Waals surface area (Å²) in [6.45, 7) is 5.43. The van der Waals surface area contributed by atoms with E-state index < -0.39 is 5.79 Å². The first kappa shape index (κ1) is 19.0. The van der Waals surface area contributed by atoms with Crippen molar-refractivity contribution in [2.75, 3.05) is 0 Å². The van der Waals surface area contributed by atoms with Gasteiger partial charge in [0.25, 0.3) is 5.69 Å². The van der Waals surface area contributed by atoms with Gasteiger partial charge < -0.3 is 14.3 Å². The molecule has 1 heterocycles. The lowest BCUT2D eigenvalue weighted by molar-refractivity contribution is -0.385. The van der Waals surface area contributed by atoms with Gasteiger partial charge in [-0.25, -0.2) is 0 Å². The van der Waals surface area contributed by atoms with Gasteiger partial charge in [-0.3, -0.25) is 10.1 Å². The van der Waals surface area contributed by atoms with Crippen LogP contribution in [0.15, 0.2) is 24.3 Å². The minimum atomic E-state index is -0.720. The summed E-state index contributed by atoms with van der Waals surface area (Å²) in [6, 6.07) is 6.73. The van der Waals surface area contributed by atoms with Crippen LogP contribution in [0.4, 0.5) is 5.69 Å². The second kappa shape index (κ2) is 7.45. The van der Waals surface area contributed by atoms with E-state index >= 15 is 0 Å². The van der Waals surface area contributed by atoms with Gasteiger partial charge in [0.15, 0.2) is 5.79 Å². The molecule has 1 aliphatic heterocycles. The first-order chi connectivity index (χ1) is 12.2. The zero-order valence-corrected chi connectivity index (χ0v) is 15.6. The Morgan fingerprint density at radius 1 is 1.31 bits per heavy atom. The second-order valence-corrected chi connectivity index (χ2v) is 8.03. The van der Waals surface area contributed by atoms with E-state index in [1.165, 1.54) is 6.07 Å². The number of benzene rings is 1. The number of carbonyl (C=O) groups excluding carboxylic acids is 1. The molecule has 4 atom stereocenters. The molecule has 1 saturated carbocycles. The van der Waals surface area contributed by atoms with Crippen molar-refractivity contribution in [1.82, 2.24) is 0 Å². The first-order valence-electron chi connectivity index (χ1n) is 9.34. The molecule has 6 nitrogen and oxygen atoms in total. The molecule has 2 fully saturated rings. The highest BCUT2D eigenvalue weighted by Crippen LogP contribution is 2.48. The molecule has 2 aliphatic rings. The Bertz CT molecular complexity index is 687. The highest BCUT2D eigenvalue weighted by atomic mass is 16.7. The molecule has 0 amide bonds. The average Bonchev–Trinajstić information content (AvgIpc) is 2.58. The predicted octanol–water partition coefficient (Wildman–Crippen LogP) is 4.57. The maximum absolute atomic E-state index is 11.3. The minimum Gasteiger partial charge on any atom is -0.347 e. The second-order valence-electron chi connectivity index (χ2n) is 8.03. The number of hydrogen-bond acceptors (Lipinski definition) is 5. The minimum absolute atomic E-state index is 0.0795. The fourth-order valence-electron chi connectivity index (χ4n) is 4.32. The van der Waals surface area contributed by atoms with Crippen LogP contribution in [-0.4, -0.2) is 22.6 Å². The molecule has 1 aromatic rings. The van der Waals surface area contributed by atoms with Crippen molar-refractivity contribution in [3.8, 4) is 0 Å². The Morgan fingerprint density at radius 2 is 2.08 bits per heavy atom. The average molecular weight is 361 g/mol. The number of rotatable bonds is 5. The third kappa shape index (κ3) is 4.30. The maximum Gasteiger partial charge on any atom is 0.269 e. The summed E-state index contributed by atoms with van der Waals surface area (Å²) < 4.78 is 12.4. The zero-order chi connectivity index (χ0) is 18.9. The van der Waals surface area contributed by atoms with Crippen molar-refractivity contribution in [3.63, 3.8) is 0 Å². The number of nitro benzene ring substituents is 1. The van der Waals surface area contributed by atoms with Crippen molar-refractivity contribution in [1.29, 1.82) is 0 Å². The highest BCUT2D eigenvalue weighted by Gasteiger charge is 2.46. The number of ketones is 1. The Kier molecular flexibility index (Phi) is 5.44. The van der Waals surface area contributed by atoms with E-state index in [1.54, 1.807) is 19.1 Å². The Balaban J connectivity index is 1.84. The Hall–Kier alpha value is -1.79. The van der Waals surface area contributed by atoms with E-state index in [4.69, 9.17) is 9.47 Å². The van der Waals surface area contributed by atoms with Crippen LogP contribution in [0.1, 0.15) is 64.5 Å². The Labute approximate surface area is 154 Å². The van der Waals surface area contributed by atoms with Gasteiger partial charge in [-0.1, -0.05) is 12.1 Å². The number of Topliss-reactive ketones (excluding diaryl/α,β-unsaturated/α-hetero) is 1. The van der Waals surface area contributed by atoms with Crippen LogP contribution in [0.2, 0.25) is 0 Å². The molecule has 0 bridgehead atoms. The van der Waals surface area contributed by atoms with Crippen molar-refractivity contribution in [2.45, 2.75) is 70.9 Å². The summed E-state index contributed by atoms with van der Waals surface area (Å²) in [5.41, 5.74) is 0.911. The molecule has 0 N–H and O–H groups in total. The molecule has 26 heavy (non-hydrogen) atoms. The van der Waals surface area contributed by atoms with Crippen molar-refractivity contribution in [3.05, 3.63) is 39.9 Å². The number of ether oxygens (including phenoxy) is 2. The van der Waals surface area contributed by atoms with Gasteiger partial charge in [-0.15, -0.1) is 0 Å². The summed E-state index contributed by atoms with van der Waals surface area (Å²) in [7, 11) is 0. The lowest BCUT2D eigenvalue weighted by Gasteiger charge is -2.49. The van der Waals surface area contributed by atoms with Crippen LogP contribution in [0.25, 0.3) is 0 Å². The van der Waals surface area contributed by atoms with E-state index in [2.05, 4.69) is 0 Å². The number of nitrogens with zero attached hydrogens (tertiary/aromatic N) is 1. The molecule has 1 saturated heterocycles. The van der Waals surface area contributed by atoms with Crippen LogP contribution in [0.5, 0.6) is 0 Å². The van der Waals surface area contributed by atoms with Gasteiger partial charge in [0, 0.05) is 24.5 Å². The van der Waals surface area contributed by atoms with Crippen molar-refractivity contribution in [2.24, 2.45) is 11.8 Å². The van der Waals surface area contributed by atoms with Crippen LogP contribution in [-0.2, 0) is 14.3 Å². The third-order valence-electron chi connectivity index (χ3n) is 5.49. The molecule has 1 aromatic carbocycles. The van der Waals surface area contributed by atoms with Gasteiger partial charge >= 0.3 is 0 Å². The van der Waals surface area contributed by atoms with Crippen LogP contribution in [0, 0.1) is 22.0 Å². The van der Waals surface area contributed by atoms with Gasteiger partial charge in [0.2, 0.25) is 0 Å². The third-order valence-corrected chi connectivity index (χ3v) is 5.49. The molecule has 1 aliphatic carbocycles. The van der Waals surface area contributed by atoms with E-state index in [-0.39, 0.29) is 34.5 Å². The fraction of sp³-hybridized carbons (Fsp3) is 0.650. The highest BCUT2D eigenvalue weighted by molar-refractivity contribution is 5.75. The molecule has 0 spiro atoms. The summed E-state index contributed by atoms with van der Waals surface area (Å²) in [5, 5.41) is 11.2. The fourth-order valence-corrected chi connectivity index (χ4v) is 4.32. The van der Waals surface area contributed by atoms with Crippen molar-refractivity contribution >= 4 is 11.5 Å². The van der Waals surface area contributed by atoms with E-state index in [0.717, 1.165) is 31.2 Å². The number of non-ortho nitro benzene ring substituents is 1. The van der Waals surface area contributed by atoms with Crippen LogP contribution < -0.4 is 0 Å². The summed E-state index contributed by atoms with van der Waals surface area (Å²) in [5.74, 6) is 0.119. The van der Waals surface area contributed by atoms with Gasteiger partial charge in [0.1, 0.15) is 5.78 Å². The molecule has 0 radical (unpaired) electrons. The normalized spacial score (nSPS) is 30.4. The smallest absolute Gasteiger partial charge is 0.269 e. The Morgan fingerprint density at radius 3 is 2.77 bits per heavy atom. The quantitative estimate of drug-likeness (QED) is 0.567. The standard InChI is InChI=1S/C20H27NO5/c1-13(22)7-8-14-9-10-18-17(11-14)19(26-20(2,3)25-18)15-5-4-6-16(12-15)21(23)24/h4-6,12,14,17-19H,7-11H2,1-3H3/t14-,17-,18+,19+/m0/s1. The maximum atomic E-state index is 11.3. The van der Waals surface area contributed by atoms with Gasteiger partial charge in [-0.05, 0) is 57.9 Å². The van der Waals surface area contributed by atoms with E-state index in [1.807, 2.05) is 19.9 Å². The number of carbonyl (C=O) groups is 1. The number of fused-ring (bicyclic) bond motifs is 1. The molecule has 6 heteroatoms. The van der Waals surface area contributed by atoms with E-state index in [0.29, 0.717) is 12.3 Å². The van der Waals surface area contributed by atoms with Gasteiger partial charge in [-0.2, -0.15) is 0 Å². The van der Waals surface area contributed by atoms with Crippen LogP contribution in [0.3, 0.4) is 0 Å². The SMILES string of the molecule is CC(=O)CC[C@H]1CC[C@H]2OC(C)(C)O[C@H](c3cccc([N+](=O)[O-])c3)[C@H]2C1. The molecule has 0 unspecified atom stereocenters. The first-order valence-corrected chi connectivity index (χ1v) is 9.34. The lowest BCUT2D eigenvalue weighted by atomic mass is 9.73. The summed E-state index contributed by atoms with van der Waals surface area (Å²) in [6.07, 6.45) is 4.25. The topological polar surface area (TPSA) is 78.7 Å².